The molecule has 0 aliphatic carbocycles. The zero-order valence-corrected chi connectivity index (χ0v) is 11.5. The van der Waals surface area contributed by atoms with Crippen LogP contribution in [0.5, 0.6) is 0 Å². The van der Waals surface area contributed by atoms with Crippen LogP contribution in [0.1, 0.15) is 26.7 Å². The van der Waals surface area contributed by atoms with Gasteiger partial charge >= 0.3 is 0 Å². The Kier molecular flexibility index (Phi) is 6.05. The van der Waals surface area contributed by atoms with Gasteiger partial charge in [0.15, 0.2) is 0 Å². The predicted molar refractivity (Wildman–Crippen MR) is 70.1 cm³/mol. The van der Waals surface area contributed by atoms with E-state index in [9.17, 15) is 15.0 Å². The molecule has 0 spiro atoms. The number of aliphatic hydroxyl groups excluding tert-OH is 2. The fourth-order valence-corrected chi connectivity index (χ4v) is 2.33. The molecule has 1 rings (SSSR count). The third-order valence-electron chi connectivity index (χ3n) is 3.72. The lowest BCUT2D eigenvalue weighted by molar-refractivity contribution is -0.119. The second-order valence-electron chi connectivity index (χ2n) is 5.78. The van der Waals surface area contributed by atoms with E-state index in [1.54, 1.807) is 6.92 Å². The molecule has 3 N–H and O–H groups in total. The Bertz CT molecular complexity index is 259. The van der Waals surface area contributed by atoms with E-state index in [0.717, 1.165) is 39.0 Å². The largest absolute Gasteiger partial charge is 0.396 e. The van der Waals surface area contributed by atoms with Crippen LogP contribution < -0.4 is 5.32 Å². The van der Waals surface area contributed by atoms with Crippen molar-refractivity contribution in [2.75, 3.05) is 39.4 Å². The summed E-state index contributed by atoms with van der Waals surface area (Å²) in [5.41, 5.74) is -0.412. The molecule has 1 aliphatic rings. The average Bonchev–Trinajstić information content (AvgIpc) is 2.37. The number of aliphatic hydroxyl groups is 2. The highest BCUT2D eigenvalue weighted by Crippen LogP contribution is 2.22. The summed E-state index contributed by atoms with van der Waals surface area (Å²) in [6, 6.07) is 0. The van der Waals surface area contributed by atoms with Crippen LogP contribution in [0, 0.1) is 11.3 Å². The van der Waals surface area contributed by atoms with Crippen molar-refractivity contribution in [3.8, 4) is 0 Å². The van der Waals surface area contributed by atoms with E-state index >= 15 is 0 Å². The highest BCUT2D eigenvalue weighted by atomic mass is 16.3. The summed E-state index contributed by atoms with van der Waals surface area (Å²) in [5, 5.41) is 21.4. The molecule has 1 fully saturated rings. The standard InChI is InChI=1S/C13H26N2O3/c1-11(18)14-7-12-3-5-15(6-4-12)8-13(2,9-16)10-17/h12,16-17H,3-10H2,1-2H3,(H,14,18). The zero-order valence-electron chi connectivity index (χ0n) is 11.5. The summed E-state index contributed by atoms with van der Waals surface area (Å²) in [6.07, 6.45) is 2.13. The molecule has 1 heterocycles. The van der Waals surface area contributed by atoms with Crippen molar-refractivity contribution in [3.05, 3.63) is 0 Å². The van der Waals surface area contributed by atoms with Gasteiger partial charge in [-0.05, 0) is 31.8 Å². The first-order valence-electron chi connectivity index (χ1n) is 6.67. The third-order valence-corrected chi connectivity index (χ3v) is 3.72. The van der Waals surface area contributed by atoms with Crippen molar-refractivity contribution in [1.82, 2.24) is 10.2 Å². The quantitative estimate of drug-likeness (QED) is 0.618. The van der Waals surface area contributed by atoms with Gasteiger partial charge in [0.2, 0.25) is 5.91 Å². The fourth-order valence-electron chi connectivity index (χ4n) is 2.33. The lowest BCUT2D eigenvalue weighted by atomic mass is 9.90. The number of carbonyl (C=O) groups is 1. The van der Waals surface area contributed by atoms with Crippen molar-refractivity contribution < 1.29 is 15.0 Å². The fraction of sp³-hybridized carbons (Fsp3) is 0.923. The molecule has 0 saturated carbocycles. The Morgan fingerprint density at radius 3 is 2.33 bits per heavy atom. The summed E-state index contributed by atoms with van der Waals surface area (Å²) in [7, 11) is 0. The lowest BCUT2D eigenvalue weighted by Gasteiger charge is -2.37. The maximum Gasteiger partial charge on any atom is 0.216 e. The Morgan fingerprint density at radius 2 is 1.89 bits per heavy atom. The molecule has 1 saturated heterocycles. The minimum Gasteiger partial charge on any atom is -0.396 e. The maximum atomic E-state index is 10.8. The third kappa shape index (κ3) is 4.92. The van der Waals surface area contributed by atoms with E-state index in [2.05, 4.69) is 10.2 Å². The molecule has 18 heavy (non-hydrogen) atoms. The number of likely N-dealkylation sites (tertiary alicyclic amines) is 1. The van der Waals surface area contributed by atoms with Crippen LogP contribution in [0.15, 0.2) is 0 Å². The number of piperidine rings is 1. The number of nitrogens with one attached hydrogen (secondary N) is 1. The van der Waals surface area contributed by atoms with Gasteiger partial charge in [-0.3, -0.25) is 4.79 Å². The van der Waals surface area contributed by atoms with Crippen LogP contribution in [0.2, 0.25) is 0 Å². The van der Waals surface area contributed by atoms with Crippen molar-refractivity contribution in [1.29, 1.82) is 0 Å². The number of hydrogen-bond donors (Lipinski definition) is 3. The van der Waals surface area contributed by atoms with Gasteiger partial charge < -0.3 is 20.4 Å². The van der Waals surface area contributed by atoms with Gasteiger partial charge in [-0.15, -0.1) is 0 Å². The molecule has 0 unspecified atom stereocenters. The number of nitrogens with zero attached hydrogens (tertiary/aromatic N) is 1. The summed E-state index contributed by atoms with van der Waals surface area (Å²) in [5.74, 6) is 0.588. The van der Waals surface area contributed by atoms with Crippen LogP contribution in [-0.2, 0) is 4.79 Å². The van der Waals surface area contributed by atoms with Gasteiger partial charge in [-0.1, -0.05) is 6.92 Å². The molecular formula is C13H26N2O3. The summed E-state index contributed by atoms with van der Waals surface area (Å²) < 4.78 is 0. The Morgan fingerprint density at radius 1 is 1.33 bits per heavy atom. The Balaban J connectivity index is 2.28. The summed E-state index contributed by atoms with van der Waals surface area (Å²) >= 11 is 0. The zero-order chi connectivity index (χ0) is 13.6. The first-order valence-corrected chi connectivity index (χ1v) is 6.67. The van der Waals surface area contributed by atoms with Gasteiger partial charge in [-0.2, -0.15) is 0 Å². The van der Waals surface area contributed by atoms with Crippen molar-refractivity contribution in [3.63, 3.8) is 0 Å². The van der Waals surface area contributed by atoms with E-state index in [-0.39, 0.29) is 19.1 Å². The normalized spacial score (nSPS) is 18.9. The van der Waals surface area contributed by atoms with E-state index in [1.165, 1.54) is 0 Å². The van der Waals surface area contributed by atoms with Crippen LogP contribution in [0.25, 0.3) is 0 Å². The second kappa shape index (κ2) is 7.07. The molecule has 0 aromatic heterocycles. The van der Waals surface area contributed by atoms with Crippen LogP contribution >= 0.6 is 0 Å². The molecule has 0 aromatic carbocycles. The summed E-state index contributed by atoms with van der Waals surface area (Å²) in [4.78, 5) is 13.1. The molecular weight excluding hydrogens is 232 g/mol. The molecule has 0 bridgehead atoms. The Labute approximate surface area is 109 Å². The topological polar surface area (TPSA) is 72.8 Å². The molecule has 0 radical (unpaired) electrons. The average molecular weight is 258 g/mol. The SMILES string of the molecule is CC(=O)NCC1CCN(CC(C)(CO)CO)CC1. The monoisotopic (exact) mass is 258 g/mol. The van der Waals surface area contributed by atoms with Crippen molar-refractivity contribution in [2.24, 2.45) is 11.3 Å². The van der Waals surface area contributed by atoms with E-state index < -0.39 is 5.41 Å². The smallest absolute Gasteiger partial charge is 0.216 e. The van der Waals surface area contributed by atoms with Gasteiger partial charge in [0.1, 0.15) is 0 Å². The van der Waals surface area contributed by atoms with Crippen molar-refractivity contribution in [2.45, 2.75) is 26.7 Å². The van der Waals surface area contributed by atoms with E-state index in [0.29, 0.717) is 5.92 Å². The highest BCUT2D eigenvalue weighted by Gasteiger charge is 2.28. The summed E-state index contributed by atoms with van der Waals surface area (Å²) in [6.45, 7) is 6.90. The van der Waals surface area contributed by atoms with E-state index in [1.807, 2.05) is 6.92 Å². The molecule has 5 heteroatoms. The van der Waals surface area contributed by atoms with Gasteiger partial charge in [0, 0.05) is 25.4 Å². The molecule has 5 nitrogen and oxygen atoms in total. The van der Waals surface area contributed by atoms with Gasteiger partial charge in [0.25, 0.3) is 0 Å². The lowest BCUT2D eigenvalue weighted by Crippen LogP contribution is -2.45. The van der Waals surface area contributed by atoms with Crippen LogP contribution in [-0.4, -0.2) is 60.4 Å². The van der Waals surface area contributed by atoms with Gasteiger partial charge in [-0.25, -0.2) is 0 Å². The minimum absolute atomic E-state index is 0.00925. The molecule has 0 atom stereocenters. The van der Waals surface area contributed by atoms with Crippen molar-refractivity contribution >= 4 is 5.91 Å². The van der Waals surface area contributed by atoms with Crippen LogP contribution in [0.3, 0.4) is 0 Å². The molecule has 0 aromatic rings. The number of carbonyl (C=O) groups excluding carboxylic acids is 1. The van der Waals surface area contributed by atoms with Gasteiger partial charge in [0.05, 0.1) is 13.2 Å². The Hall–Kier alpha value is -0.650. The number of amides is 1. The minimum atomic E-state index is -0.412. The first-order chi connectivity index (χ1) is 8.49. The first kappa shape index (κ1) is 15.4. The van der Waals surface area contributed by atoms with E-state index in [4.69, 9.17) is 0 Å². The molecule has 1 amide bonds. The number of rotatable bonds is 6. The predicted octanol–water partition coefficient (Wildman–Crippen LogP) is -0.175. The van der Waals surface area contributed by atoms with Crippen LogP contribution in [0.4, 0.5) is 0 Å². The molecule has 106 valence electrons. The second-order valence-corrected chi connectivity index (χ2v) is 5.78. The molecule has 1 aliphatic heterocycles. The maximum absolute atomic E-state index is 10.8. The number of hydrogen-bond acceptors (Lipinski definition) is 4. The highest BCUT2D eigenvalue weighted by molar-refractivity contribution is 5.72.